The van der Waals surface area contributed by atoms with E-state index in [2.05, 4.69) is 20.9 Å². The maximum Gasteiger partial charge on any atom is 0.142 e. The van der Waals surface area contributed by atoms with E-state index in [1.165, 1.54) is 0 Å². The Balaban J connectivity index is 2.53. The highest BCUT2D eigenvalue weighted by molar-refractivity contribution is 9.10. The van der Waals surface area contributed by atoms with Crippen LogP contribution in [0.25, 0.3) is 11.4 Å². The van der Waals surface area contributed by atoms with Gasteiger partial charge >= 0.3 is 0 Å². The summed E-state index contributed by atoms with van der Waals surface area (Å²) < 4.78 is 2.89. The fourth-order valence-corrected chi connectivity index (χ4v) is 2.39. The number of hydrogen-bond acceptors (Lipinski definition) is 2. The predicted octanol–water partition coefficient (Wildman–Crippen LogP) is 3.00. The minimum absolute atomic E-state index is 0.548. The summed E-state index contributed by atoms with van der Waals surface area (Å²) >= 11 is 9.74. The van der Waals surface area contributed by atoms with Gasteiger partial charge in [-0.2, -0.15) is 0 Å². The Labute approximate surface area is 114 Å². The lowest BCUT2D eigenvalue weighted by atomic mass is 10.2. The van der Waals surface area contributed by atoms with Gasteiger partial charge in [0.05, 0.1) is 5.69 Å². The topological polar surface area (TPSA) is 43.8 Å². The predicted molar refractivity (Wildman–Crippen MR) is 74.1 cm³/mol. The Morgan fingerprint density at radius 1 is 1.41 bits per heavy atom. The first-order valence-electron chi connectivity index (χ1n) is 5.31. The van der Waals surface area contributed by atoms with Gasteiger partial charge in [0.25, 0.3) is 0 Å². The van der Waals surface area contributed by atoms with E-state index in [-0.39, 0.29) is 0 Å². The molecule has 5 heteroatoms. The van der Waals surface area contributed by atoms with E-state index in [1.807, 2.05) is 35.9 Å². The van der Waals surface area contributed by atoms with Gasteiger partial charge in [-0.25, -0.2) is 4.98 Å². The zero-order valence-electron chi connectivity index (χ0n) is 9.45. The van der Waals surface area contributed by atoms with Crippen molar-refractivity contribution in [3.8, 4) is 11.4 Å². The van der Waals surface area contributed by atoms with Gasteiger partial charge in [-0.15, -0.1) is 0 Å². The van der Waals surface area contributed by atoms with E-state index < -0.39 is 0 Å². The molecule has 0 saturated heterocycles. The van der Waals surface area contributed by atoms with Gasteiger partial charge in [0.1, 0.15) is 11.0 Å². The van der Waals surface area contributed by atoms with Crippen molar-refractivity contribution in [3.05, 3.63) is 39.6 Å². The third kappa shape index (κ3) is 2.39. The maximum absolute atomic E-state index is 6.22. The van der Waals surface area contributed by atoms with Crippen molar-refractivity contribution in [2.24, 2.45) is 12.8 Å². The van der Waals surface area contributed by atoms with Crippen LogP contribution in [-0.2, 0) is 13.5 Å². The largest absolute Gasteiger partial charge is 0.330 e. The average molecular weight is 315 g/mol. The second-order valence-corrected chi connectivity index (χ2v) is 4.96. The molecule has 0 unspecified atom stereocenters. The zero-order chi connectivity index (χ0) is 12.4. The highest BCUT2D eigenvalue weighted by atomic mass is 79.9. The molecule has 0 atom stereocenters. The molecule has 0 saturated carbocycles. The Kier molecular flexibility index (Phi) is 3.86. The number of nitrogens with two attached hydrogens (primary N) is 1. The smallest absolute Gasteiger partial charge is 0.142 e. The van der Waals surface area contributed by atoms with Crippen molar-refractivity contribution in [1.29, 1.82) is 0 Å². The highest BCUT2D eigenvalue weighted by Crippen LogP contribution is 2.30. The third-order valence-electron chi connectivity index (χ3n) is 2.59. The summed E-state index contributed by atoms with van der Waals surface area (Å²) in [5, 5.41) is 0.654. The number of nitrogens with zero attached hydrogens (tertiary/aromatic N) is 2. The molecule has 90 valence electrons. The minimum atomic E-state index is 0.548. The summed E-state index contributed by atoms with van der Waals surface area (Å²) in [6.07, 6.45) is 0.692. The van der Waals surface area contributed by atoms with Gasteiger partial charge in [-0.1, -0.05) is 45.7 Å². The summed E-state index contributed by atoms with van der Waals surface area (Å²) in [6.45, 7) is 0.548. The van der Waals surface area contributed by atoms with E-state index in [1.54, 1.807) is 0 Å². The number of imidazole rings is 1. The van der Waals surface area contributed by atoms with E-state index in [9.17, 15) is 0 Å². The third-order valence-corrected chi connectivity index (χ3v) is 3.75. The fraction of sp³-hybridized carbons (Fsp3) is 0.250. The molecule has 0 fully saturated rings. The number of rotatable bonds is 3. The van der Waals surface area contributed by atoms with E-state index in [0.29, 0.717) is 18.1 Å². The van der Waals surface area contributed by atoms with Crippen LogP contribution in [0, 0.1) is 0 Å². The molecule has 1 heterocycles. The van der Waals surface area contributed by atoms with Crippen molar-refractivity contribution in [2.75, 3.05) is 6.54 Å². The van der Waals surface area contributed by atoms with Gasteiger partial charge in [0.2, 0.25) is 0 Å². The lowest BCUT2D eigenvalue weighted by Gasteiger charge is -2.04. The van der Waals surface area contributed by atoms with E-state index in [0.717, 1.165) is 21.6 Å². The molecule has 0 radical (unpaired) electrons. The van der Waals surface area contributed by atoms with Crippen molar-refractivity contribution < 1.29 is 0 Å². The lowest BCUT2D eigenvalue weighted by molar-refractivity contribution is 0.913. The Morgan fingerprint density at radius 3 is 2.76 bits per heavy atom. The SMILES string of the molecule is Cn1c(-c2ccccc2Br)nc(CCN)c1Cl. The van der Waals surface area contributed by atoms with Crippen molar-refractivity contribution in [1.82, 2.24) is 9.55 Å². The molecule has 3 nitrogen and oxygen atoms in total. The summed E-state index contributed by atoms with van der Waals surface area (Å²) in [6, 6.07) is 7.94. The average Bonchev–Trinajstić information content (AvgIpc) is 2.59. The second kappa shape index (κ2) is 5.21. The maximum atomic E-state index is 6.22. The molecule has 17 heavy (non-hydrogen) atoms. The summed E-state index contributed by atoms with van der Waals surface area (Å²) in [7, 11) is 1.91. The highest BCUT2D eigenvalue weighted by Gasteiger charge is 2.15. The van der Waals surface area contributed by atoms with Crippen LogP contribution in [0.2, 0.25) is 5.15 Å². The molecular weight excluding hydrogens is 302 g/mol. The molecule has 2 aromatic rings. The lowest BCUT2D eigenvalue weighted by Crippen LogP contribution is -2.03. The van der Waals surface area contributed by atoms with Gasteiger partial charge in [-0.05, 0) is 12.6 Å². The van der Waals surface area contributed by atoms with Gasteiger partial charge in [-0.3, -0.25) is 0 Å². The van der Waals surface area contributed by atoms with Crippen molar-refractivity contribution >= 4 is 27.5 Å². The zero-order valence-corrected chi connectivity index (χ0v) is 11.8. The summed E-state index contributed by atoms with van der Waals surface area (Å²) in [5.74, 6) is 0.853. The summed E-state index contributed by atoms with van der Waals surface area (Å²) in [4.78, 5) is 4.55. The first-order valence-corrected chi connectivity index (χ1v) is 6.48. The van der Waals surface area contributed by atoms with Gasteiger partial charge < -0.3 is 10.3 Å². The van der Waals surface area contributed by atoms with Crippen molar-refractivity contribution in [2.45, 2.75) is 6.42 Å². The van der Waals surface area contributed by atoms with Crippen LogP contribution in [-0.4, -0.2) is 16.1 Å². The molecule has 0 spiro atoms. The Bertz CT molecular complexity index is 537. The molecule has 2 N–H and O–H groups in total. The molecule has 1 aromatic heterocycles. The van der Waals surface area contributed by atoms with Crippen molar-refractivity contribution in [3.63, 3.8) is 0 Å². The molecule has 0 bridgehead atoms. The van der Waals surface area contributed by atoms with Crippen LogP contribution < -0.4 is 5.73 Å². The molecule has 0 aliphatic heterocycles. The number of aromatic nitrogens is 2. The van der Waals surface area contributed by atoms with Crippen LogP contribution in [0.5, 0.6) is 0 Å². The first kappa shape index (κ1) is 12.6. The Hall–Kier alpha value is -0.840. The van der Waals surface area contributed by atoms with Crippen LogP contribution in [0.4, 0.5) is 0 Å². The van der Waals surface area contributed by atoms with E-state index in [4.69, 9.17) is 17.3 Å². The number of benzene rings is 1. The van der Waals surface area contributed by atoms with Crippen LogP contribution in [0.1, 0.15) is 5.69 Å². The molecule has 0 aliphatic carbocycles. The molecule has 0 aliphatic rings. The quantitative estimate of drug-likeness (QED) is 0.946. The molecule has 1 aromatic carbocycles. The van der Waals surface area contributed by atoms with E-state index >= 15 is 0 Å². The number of hydrogen-bond donors (Lipinski definition) is 1. The number of halogens is 2. The van der Waals surface area contributed by atoms with Gasteiger partial charge in [0, 0.05) is 23.5 Å². The second-order valence-electron chi connectivity index (χ2n) is 3.75. The van der Waals surface area contributed by atoms with Crippen LogP contribution >= 0.6 is 27.5 Å². The summed E-state index contributed by atoms with van der Waals surface area (Å²) in [5.41, 5.74) is 7.42. The molecular formula is C12H13BrClN3. The monoisotopic (exact) mass is 313 g/mol. The van der Waals surface area contributed by atoms with Crippen LogP contribution in [0.3, 0.4) is 0 Å². The van der Waals surface area contributed by atoms with Crippen LogP contribution in [0.15, 0.2) is 28.7 Å². The molecule has 0 amide bonds. The normalized spacial score (nSPS) is 10.8. The molecule has 2 rings (SSSR count). The van der Waals surface area contributed by atoms with Gasteiger partial charge in [0.15, 0.2) is 0 Å². The first-order chi connectivity index (χ1) is 8.15. The standard InChI is InChI=1S/C12H13BrClN3/c1-17-11(14)10(6-7-15)16-12(17)8-4-2-3-5-9(8)13/h2-5H,6-7,15H2,1H3. The fourth-order valence-electron chi connectivity index (χ4n) is 1.71. The Morgan fingerprint density at radius 2 is 2.12 bits per heavy atom. The minimum Gasteiger partial charge on any atom is -0.330 e.